The summed E-state index contributed by atoms with van der Waals surface area (Å²) >= 11 is 0. The Morgan fingerprint density at radius 3 is 2.80 bits per heavy atom. The molecule has 11 nitrogen and oxygen atoms in total. The molecule has 2 aromatic heterocycles. The van der Waals surface area contributed by atoms with Crippen LogP contribution in [0.15, 0.2) is 52.2 Å². The largest absolute Gasteiger partial charge is 0.454 e. The lowest BCUT2D eigenvalue weighted by Gasteiger charge is -2.09. The molecular weight excluding hydrogens is 392 g/mol. The Labute approximate surface area is 167 Å². The number of hydrogen-bond acceptors (Lipinski definition) is 7. The lowest BCUT2D eigenvalue weighted by atomic mass is 10.2. The maximum atomic E-state index is 12.8. The molecule has 150 valence electrons. The second-order valence-electron chi connectivity index (χ2n) is 6.57. The number of carbonyl (C=O) groups excluding carboxylic acids is 1. The molecule has 30 heavy (non-hydrogen) atoms. The van der Waals surface area contributed by atoms with E-state index >= 15 is 0 Å². The van der Waals surface area contributed by atoms with Gasteiger partial charge in [-0.25, -0.2) is 4.79 Å². The fourth-order valence-corrected chi connectivity index (χ4v) is 3.16. The molecule has 0 bridgehead atoms. The van der Waals surface area contributed by atoms with Gasteiger partial charge in [-0.2, -0.15) is 15.4 Å². The van der Waals surface area contributed by atoms with Crippen molar-refractivity contribution in [3.05, 3.63) is 74.6 Å². The molecule has 1 amide bonds. The van der Waals surface area contributed by atoms with Crippen LogP contribution < -0.4 is 26.0 Å². The van der Waals surface area contributed by atoms with E-state index in [9.17, 15) is 14.4 Å². The van der Waals surface area contributed by atoms with Crippen LogP contribution in [0.4, 0.5) is 5.69 Å². The van der Waals surface area contributed by atoms with Crippen LogP contribution in [-0.2, 0) is 6.54 Å². The van der Waals surface area contributed by atoms with Crippen molar-refractivity contribution in [3.63, 3.8) is 0 Å². The summed E-state index contributed by atoms with van der Waals surface area (Å²) in [5, 5.41) is 13.0. The number of anilines is 1. The first-order chi connectivity index (χ1) is 14.6. The number of nitrogens with zero attached hydrogens (tertiary/aromatic N) is 3. The molecule has 3 heterocycles. The van der Waals surface area contributed by atoms with Crippen LogP contribution in [-0.4, -0.2) is 37.7 Å². The van der Waals surface area contributed by atoms with Gasteiger partial charge in [-0.1, -0.05) is 6.07 Å². The first kappa shape index (κ1) is 17.7. The monoisotopic (exact) mass is 406 g/mol. The lowest BCUT2D eigenvalue weighted by Crippen LogP contribution is -2.39. The van der Waals surface area contributed by atoms with Gasteiger partial charge in [0.25, 0.3) is 11.5 Å². The van der Waals surface area contributed by atoms with Crippen LogP contribution in [0.3, 0.4) is 0 Å². The van der Waals surface area contributed by atoms with Gasteiger partial charge in [0.2, 0.25) is 6.79 Å². The standard InChI is InChI=1S/C19H14N6O5/c26-17(21-11-2-3-13-14(6-11)23-24-22-13)12-7-20-19(28)25(18(12)27)8-10-1-4-15-16(5-10)30-9-29-15/h1-7H,8-9H2,(H,20,28)(H,21,26)(H,22,23,24). The SMILES string of the molecule is O=C(Nc1ccc2n[nH]nc2c1)c1c[nH]c(=O)n(Cc2ccc3c(c2)OCO3)c1=O. The molecule has 0 atom stereocenters. The number of benzene rings is 2. The maximum absolute atomic E-state index is 12.8. The fraction of sp³-hybridized carbons (Fsp3) is 0.105. The lowest BCUT2D eigenvalue weighted by molar-refractivity contribution is 0.102. The molecule has 0 spiro atoms. The molecule has 0 unspecified atom stereocenters. The highest BCUT2D eigenvalue weighted by molar-refractivity contribution is 6.04. The fourth-order valence-electron chi connectivity index (χ4n) is 3.16. The Balaban J connectivity index is 1.44. The van der Waals surface area contributed by atoms with E-state index < -0.39 is 17.2 Å². The summed E-state index contributed by atoms with van der Waals surface area (Å²) in [6.07, 6.45) is 1.10. The van der Waals surface area contributed by atoms with Gasteiger partial charge in [-0.15, -0.1) is 0 Å². The van der Waals surface area contributed by atoms with E-state index in [0.717, 1.165) is 10.8 Å². The number of rotatable bonds is 4. The Bertz CT molecular complexity index is 1400. The van der Waals surface area contributed by atoms with E-state index in [1.165, 1.54) is 0 Å². The minimum absolute atomic E-state index is 0.0309. The predicted octanol–water partition coefficient (Wildman–Crippen LogP) is 0.837. The number of aromatic amines is 2. The maximum Gasteiger partial charge on any atom is 0.328 e. The van der Waals surface area contributed by atoms with E-state index in [2.05, 4.69) is 25.7 Å². The van der Waals surface area contributed by atoms with Crippen LogP contribution in [0.2, 0.25) is 0 Å². The Hall–Kier alpha value is -4.41. The van der Waals surface area contributed by atoms with Crippen LogP contribution in [0.1, 0.15) is 15.9 Å². The zero-order valence-electron chi connectivity index (χ0n) is 15.3. The van der Waals surface area contributed by atoms with Crippen LogP contribution in [0.5, 0.6) is 11.5 Å². The molecule has 4 aromatic rings. The number of carbonyl (C=O) groups is 1. The van der Waals surface area contributed by atoms with Crippen LogP contribution >= 0.6 is 0 Å². The molecule has 3 N–H and O–H groups in total. The third-order valence-corrected chi connectivity index (χ3v) is 4.66. The number of aromatic nitrogens is 5. The molecule has 1 aliphatic rings. The van der Waals surface area contributed by atoms with Gasteiger partial charge in [0, 0.05) is 11.9 Å². The molecule has 0 radical (unpaired) electrons. The van der Waals surface area contributed by atoms with Crippen molar-refractivity contribution >= 4 is 22.6 Å². The van der Waals surface area contributed by atoms with E-state index in [0.29, 0.717) is 33.8 Å². The van der Waals surface area contributed by atoms with Crippen molar-refractivity contribution in [2.24, 2.45) is 0 Å². The Morgan fingerprint density at radius 2 is 1.90 bits per heavy atom. The summed E-state index contributed by atoms with van der Waals surface area (Å²) in [5.41, 5.74) is 0.762. The average Bonchev–Trinajstić information content (AvgIpc) is 3.39. The average molecular weight is 406 g/mol. The van der Waals surface area contributed by atoms with Crippen molar-refractivity contribution in [2.75, 3.05) is 12.1 Å². The van der Waals surface area contributed by atoms with Gasteiger partial charge in [-0.05, 0) is 35.9 Å². The Kier molecular flexibility index (Phi) is 4.05. The minimum atomic E-state index is -0.712. The minimum Gasteiger partial charge on any atom is -0.454 e. The van der Waals surface area contributed by atoms with Crippen LogP contribution in [0, 0.1) is 0 Å². The first-order valence-corrected chi connectivity index (χ1v) is 8.91. The van der Waals surface area contributed by atoms with Crippen molar-refractivity contribution < 1.29 is 14.3 Å². The molecule has 0 saturated heterocycles. The molecule has 1 aliphatic heterocycles. The Morgan fingerprint density at radius 1 is 1.07 bits per heavy atom. The molecule has 2 aromatic carbocycles. The van der Waals surface area contributed by atoms with E-state index in [1.807, 2.05) is 0 Å². The zero-order valence-corrected chi connectivity index (χ0v) is 15.3. The second kappa shape index (κ2) is 6.88. The van der Waals surface area contributed by atoms with E-state index in [4.69, 9.17) is 9.47 Å². The van der Waals surface area contributed by atoms with Crippen molar-refractivity contribution in [1.82, 2.24) is 25.0 Å². The highest BCUT2D eigenvalue weighted by Gasteiger charge is 2.17. The first-order valence-electron chi connectivity index (χ1n) is 8.91. The summed E-state index contributed by atoms with van der Waals surface area (Å²) < 4.78 is 11.5. The van der Waals surface area contributed by atoms with Crippen molar-refractivity contribution in [2.45, 2.75) is 6.54 Å². The molecule has 11 heteroatoms. The molecular formula is C19H14N6O5. The molecule has 0 saturated carbocycles. The number of hydrogen-bond donors (Lipinski definition) is 3. The number of fused-ring (bicyclic) bond motifs is 2. The number of H-pyrrole nitrogens is 2. The van der Waals surface area contributed by atoms with Gasteiger partial charge in [0.1, 0.15) is 16.6 Å². The van der Waals surface area contributed by atoms with Gasteiger partial charge < -0.3 is 19.8 Å². The quantitative estimate of drug-likeness (QED) is 0.455. The summed E-state index contributed by atoms with van der Waals surface area (Å²) in [6.45, 7) is 0.0892. The molecule has 5 rings (SSSR count). The number of nitrogens with one attached hydrogen (secondary N) is 3. The van der Waals surface area contributed by atoms with Gasteiger partial charge in [-0.3, -0.25) is 14.2 Å². The van der Waals surface area contributed by atoms with E-state index in [-0.39, 0.29) is 18.9 Å². The summed E-state index contributed by atoms with van der Waals surface area (Å²) in [6, 6.07) is 10.0. The van der Waals surface area contributed by atoms with Crippen molar-refractivity contribution in [3.8, 4) is 11.5 Å². The summed E-state index contributed by atoms with van der Waals surface area (Å²) in [4.78, 5) is 40.1. The molecule has 0 fully saturated rings. The van der Waals surface area contributed by atoms with Gasteiger partial charge >= 0.3 is 5.69 Å². The predicted molar refractivity (Wildman–Crippen MR) is 105 cm³/mol. The van der Waals surface area contributed by atoms with Crippen molar-refractivity contribution in [1.29, 1.82) is 0 Å². The van der Waals surface area contributed by atoms with Crippen LogP contribution in [0.25, 0.3) is 11.0 Å². The highest BCUT2D eigenvalue weighted by Crippen LogP contribution is 2.32. The summed E-state index contributed by atoms with van der Waals surface area (Å²) in [5.74, 6) is 0.477. The smallest absolute Gasteiger partial charge is 0.328 e. The topological polar surface area (TPSA) is 144 Å². The third kappa shape index (κ3) is 3.07. The highest BCUT2D eigenvalue weighted by atomic mass is 16.7. The normalized spacial score (nSPS) is 12.3. The van der Waals surface area contributed by atoms with Gasteiger partial charge in [0.15, 0.2) is 11.5 Å². The third-order valence-electron chi connectivity index (χ3n) is 4.66. The summed E-state index contributed by atoms with van der Waals surface area (Å²) in [7, 11) is 0. The molecule has 0 aliphatic carbocycles. The number of ether oxygens (including phenoxy) is 2. The van der Waals surface area contributed by atoms with E-state index in [1.54, 1.807) is 36.4 Å². The van der Waals surface area contributed by atoms with Gasteiger partial charge in [0.05, 0.1) is 6.54 Å². The number of amides is 1. The zero-order chi connectivity index (χ0) is 20.7. The second-order valence-corrected chi connectivity index (χ2v) is 6.57.